The number of benzene rings is 1. The monoisotopic (exact) mass is 262 g/mol. The summed E-state index contributed by atoms with van der Waals surface area (Å²) in [6.07, 6.45) is 3.55. The summed E-state index contributed by atoms with van der Waals surface area (Å²) in [5.41, 5.74) is -0.157. The van der Waals surface area contributed by atoms with Crippen LogP contribution in [0.25, 0.3) is 0 Å². The fourth-order valence-corrected chi connectivity index (χ4v) is 1.90. The number of carbonyl (C=O) groups excluding carboxylic acids is 1. The van der Waals surface area contributed by atoms with Crippen LogP contribution in [0.3, 0.4) is 0 Å². The summed E-state index contributed by atoms with van der Waals surface area (Å²) in [6.45, 7) is 4.04. The second-order valence-corrected chi connectivity index (χ2v) is 4.44. The lowest BCUT2D eigenvalue weighted by molar-refractivity contribution is -0.385. The molecule has 1 amide bonds. The predicted octanol–water partition coefficient (Wildman–Crippen LogP) is 2.09. The second kappa shape index (κ2) is 5.09. The average molecular weight is 262 g/mol. The van der Waals surface area contributed by atoms with Gasteiger partial charge in [0.1, 0.15) is 0 Å². The van der Waals surface area contributed by atoms with Crippen molar-refractivity contribution in [1.29, 1.82) is 0 Å². The summed E-state index contributed by atoms with van der Waals surface area (Å²) < 4.78 is 0. The number of nitro groups is 1. The molecule has 0 heterocycles. The minimum absolute atomic E-state index is 0.211. The van der Waals surface area contributed by atoms with E-state index in [1.165, 1.54) is 6.07 Å². The Bertz CT molecular complexity index is 537. The van der Waals surface area contributed by atoms with Gasteiger partial charge in [-0.2, -0.15) is 0 Å². The maximum atomic E-state index is 12.2. The third-order valence-electron chi connectivity index (χ3n) is 2.99. The van der Waals surface area contributed by atoms with Crippen LogP contribution in [0.5, 0.6) is 5.75 Å². The molecule has 1 N–H and O–H groups in total. The van der Waals surface area contributed by atoms with E-state index in [1.807, 2.05) is 0 Å². The molecular formula is C13H14N2O4. The van der Waals surface area contributed by atoms with Gasteiger partial charge >= 0.3 is 5.69 Å². The molecular weight excluding hydrogens is 248 g/mol. The van der Waals surface area contributed by atoms with E-state index in [4.69, 9.17) is 0 Å². The average Bonchev–Trinajstić information content (AvgIpc) is 3.18. The predicted molar refractivity (Wildman–Crippen MR) is 69.0 cm³/mol. The lowest BCUT2D eigenvalue weighted by Gasteiger charge is -2.20. The molecule has 19 heavy (non-hydrogen) atoms. The Kier molecular flexibility index (Phi) is 3.50. The first-order valence-electron chi connectivity index (χ1n) is 5.94. The van der Waals surface area contributed by atoms with Crippen molar-refractivity contribution in [3.05, 3.63) is 46.5 Å². The molecule has 1 saturated carbocycles. The van der Waals surface area contributed by atoms with Gasteiger partial charge in [0.25, 0.3) is 5.91 Å². The first kappa shape index (κ1) is 13.1. The maximum absolute atomic E-state index is 12.2. The Morgan fingerprint density at radius 1 is 1.58 bits per heavy atom. The number of phenolic OH excluding ortho intramolecular Hbond substituents is 1. The van der Waals surface area contributed by atoms with Gasteiger partial charge in [-0.1, -0.05) is 6.08 Å². The van der Waals surface area contributed by atoms with E-state index in [0.29, 0.717) is 6.54 Å². The lowest BCUT2D eigenvalue weighted by atomic mass is 10.1. The summed E-state index contributed by atoms with van der Waals surface area (Å²) >= 11 is 0. The molecule has 100 valence electrons. The van der Waals surface area contributed by atoms with Gasteiger partial charge in [-0.05, 0) is 25.0 Å². The van der Waals surface area contributed by atoms with Crippen LogP contribution in [-0.4, -0.2) is 33.4 Å². The molecule has 0 aliphatic heterocycles. The molecule has 1 fully saturated rings. The van der Waals surface area contributed by atoms with Crippen LogP contribution in [-0.2, 0) is 0 Å². The van der Waals surface area contributed by atoms with Gasteiger partial charge < -0.3 is 10.0 Å². The van der Waals surface area contributed by atoms with E-state index < -0.39 is 16.4 Å². The van der Waals surface area contributed by atoms with Crippen LogP contribution >= 0.6 is 0 Å². The standard InChI is InChI=1S/C13H14N2O4/c1-2-7-14(10-4-5-10)13(17)9-3-6-11(15(18)19)12(16)8-9/h2-3,6,8,10,16H,1,4-5,7H2. The Morgan fingerprint density at radius 3 is 2.74 bits per heavy atom. The zero-order valence-electron chi connectivity index (χ0n) is 10.3. The van der Waals surface area contributed by atoms with Crippen molar-refractivity contribution in [1.82, 2.24) is 4.90 Å². The highest BCUT2D eigenvalue weighted by molar-refractivity contribution is 5.95. The molecule has 6 nitrogen and oxygen atoms in total. The highest BCUT2D eigenvalue weighted by Crippen LogP contribution is 2.30. The van der Waals surface area contributed by atoms with Crippen LogP contribution in [0.1, 0.15) is 23.2 Å². The molecule has 1 aromatic rings. The minimum atomic E-state index is -0.689. The zero-order valence-corrected chi connectivity index (χ0v) is 10.3. The van der Waals surface area contributed by atoms with Crippen molar-refractivity contribution < 1.29 is 14.8 Å². The Hall–Kier alpha value is -2.37. The van der Waals surface area contributed by atoms with Crippen molar-refractivity contribution >= 4 is 11.6 Å². The van der Waals surface area contributed by atoms with Crippen molar-refractivity contribution in [3.63, 3.8) is 0 Å². The third kappa shape index (κ3) is 2.73. The van der Waals surface area contributed by atoms with Gasteiger partial charge in [-0.25, -0.2) is 0 Å². The van der Waals surface area contributed by atoms with E-state index in [9.17, 15) is 20.0 Å². The molecule has 0 atom stereocenters. The summed E-state index contributed by atoms with van der Waals surface area (Å²) in [5.74, 6) is -0.738. The van der Waals surface area contributed by atoms with Crippen LogP contribution < -0.4 is 0 Å². The van der Waals surface area contributed by atoms with E-state index in [-0.39, 0.29) is 17.5 Å². The fraction of sp³-hybridized carbons (Fsp3) is 0.308. The second-order valence-electron chi connectivity index (χ2n) is 4.44. The minimum Gasteiger partial charge on any atom is -0.502 e. The van der Waals surface area contributed by atoms with Crippen molar-refractivity contribution in [3.8, 4) is 5.75 Å². The number of phenols is 1. The van der Waals surface area contributed by atoms with Gasteiger partial charge in [0, 0.05) is 24.2 Å². The Morgan fingerprint density at radius 2 is 2.26 bits per heavy atom. The van der Waals surface area contributed by atoms with E-state index in [2.05, 4.69) is 6.58 Å². The van der Waals surface area contributed by atoms with Crippen LogP contribution in [0.4, 0.5) is 5.69 Å². The van der Waals surface area contributed by atoms with Crippen LogP contribution in [0, 0.1) is 10.1 Å². The summed E-state index contributed by atoms with van der Waals surface area (Å²) in [4.78, 5) is 23.8. The molecule has 0 radical (unpaired) electrons. The number of hydrogen-bond acceptors (Lipinski definition) is 4. The van der Waals surface area contributed by atoms with Gasteiger partial charge in [0.05, 0.1) is 4.92 Å². The number of aromatic hydroxyl groups is 1. The van der Waals surface area contributed by atoms with E-state index in [0.717, 1.165) is 25.0 Å². The van der Waals surface area contributed by atoms with Gasteiger partial charge in [-0.3, -0.25) is 14.9 Å². The number of nitrogens with zero attached hydrogens (tertiary/aromatic N) is 2. The smallest absolute Gasteiger partial charge is 0.310 e. The molecule has 0 unspecified atom stereocenters. The van der Waals surface area contributed by atoms with Gasteiger partial charge in [0.2, 0.25) is 0 Å². The van der Waals surface area contributed by atoms with Crippen molar-refractivity contribution in [2.45, 2.75) is 18.9 Å². The Labute approximate surface area is 110 Å². The third-order valence-corrected chi connectivity index (χ3v) is 2.99. The summed E-state index contributed by atoms with van der Waals surface area (Å²) in [6, 6.07) is 3.85. The number of nitro benzene ring substituents is 1. The fourth-order valence-electron chi connectivity index (χ4n) is 1.90. The molecule has 6 heteroatoms. The van der Waals surface area contributed by atoms with E-state index >= 15 is 0 Å². The normalized spacial score (nSPS) is 13.9. The first-order chi connectivity index (χ1) is 9.04. The molecule has 1 aromatic carbocycles. The number of carbonyl (C=O) groups is 1. The Balaban J connectivity index is 2.25. The molecule has 1 aliphatic rings. The topological polar surface area (TPSA) is 83.7 Å². The molecule has 0 spiro atoms. The molecule has 1 aliphatic carbocycles. The largest absolute Gasteiger partial charge is 0.502 e. The SMILES string of the molecule is C=CCN(C(=O)c1ccc([N+](=O)[O-])c(O)c1)C1CC1. The lowest BCUT2D eigenvalue weighted by Crippen LogP contribution is -2.33. The van der Waals surface area contributed by atoms with Crippen molar-refractivity contribution in [2.24, 2.45) is 0 Å². The number of rotatable bonds is 5. The van der Waals surface area contributed by atoms with E-state index in [1.54, 1.807) is 11.0 Å². The molecule has 0 saturated heterocycles. The van der Waals surface area contributed by atoms with Gasteiger partial charge in [0.15, 0.2) is 5.75 Å². The number of hydrogen-bond donors (Lipinski definition) is 1. The van der Waals surface area contributed by atoms with Crippen LogP contribution in [0.2, 0.25) is 0 Å². The number of amides is 1. The van der Waals surface area contributed by atoms with Crippen LogP contribution in [0.15, 0.2) is 30.9 Å². The highest BCUT2D eigenvalue weighted by Gasteiger charge is 2.32. The highest BCUT2D eigenvalue weighted by atomic mass is 16.6. The van der Waals surface area contributed by atoms with Crippen molar-refractivity contribution in [2.75, 3.05) is 6.54 Å². The zero-order chi connectivity index (χ0) is 14.0. The van der Waals surface area contributed by atoms with Gasteiger partial charge in [-0.15, -0.1) is 6.58 Å². The molecule has 0 aromatic heterocycles. The first-order valence-corrected chi connectivity index (χ1v) is 5.94. The maximum Gasteiger partial charge on any atom is 0.310 e. The summed E-state index contributed by atoms with van der Waals surface area (Å²) in [5, 5.41) is 20.1. The summed E-state index contributed by atoms with van der Waals surface area (Å²) in [7, 11) is 0. The quantitative estimate of drug-likeness (QED) is 0.500. The molecule has 2 rings (SSSR count). The molecule has 0 bridgehead atoms.